The van der Waals surface area contributed by atoms with Crippen LogP contribution in [0.25, 0.3) is 11.1 Å². The molecule has 18 heavy (non-hydrogen) atoms. The first-order valence-electron chi connectivity index (χ1n) is 5.92. The fourth-order valence-electron chi connectivity index (χ4n) is 2.74. The van der Waals surface area contributed by atoms with E-state index in [2.05, 4.69) is 12.1 Å². The highest BCUT2D eigenvalue weighted by Crippen LogP contribution is 2.44. The maximum Gasteiger partial charge on any atom is 0.148 e. The third kappa shape index (κ3) is 1.85. The van der Waals surface area contributed by atoms with Crippen molar-refractivity contribution in [1.82, 2.24) is 0 Å². The van der Waals surface area contributed by atoms with Gasteiger partial charge >= 0.3 is 0 Å². The zero-order chi connectivity index (χ0) is 12.8. The third-order valence-electron chi connectivity index (χ3n) is 3.43. The van der Waals surface area contributed by atoms with Crippen molar-refractivity contribution in [2.75, 3.05) is 12.0 Å². The van der Waals surface area contributed by atoms with Crippen molar-refractivity contribution < 1.29 is 8.42 Å². The second kappa shape index (κ2) is 3.95. The molecule has 0 saturated carbocycles. The van der Waals surface area contributed by atoms with Crippen LogP contribution in [0.2, 0.25) is 0 Å². The van der Waals surface area contributed by atoms with Crippen LogP contribution >= 0.6 is 0 Å². The Morgan fingerprint density at radius 2 is 1.33 bits per heavy atom. The Morgan fingerprint density at radius 1 is 0.889 bits per heavy atom. The van der Waals surface area contributed by atoms with Gasteiger partial charge in [-0.2, -0.15) is 0 Å². The first-order valence-corrected chi connectivity index (χ1v) is 7.98. The molecule has 3 heteroatoms. The van der Waals surface area contributed by atoms with Crippen LogP contribution in [0.3, 0.4) is 0 Å². The van der Waals surface area contributed by atoms with Crippen LogP contribution in [0.5, 0.6) is 0 Å². The Bertz CT molecular complexity index is 656. The van der Waals surface area contributed by atoms with Gasteiger partial charge in [-0.25, -0.2) is 8.42 Å². The van der Waals surface area contributed by atoms with Gasteiger partial charge in [-0.3, -0.25) is 0 Å². The molecule has 0 spiro atoms. The highest BCUT2D eigenvalue weighted by Gasteiger charge is 2.30. The summed E-state index contributed by atoms with van der Waals surface area (Å²) >= 11 is 0. The molecule has 2 aromatic carbocycles. The van der Waals surface area contributed by atoms with E-state index < -0.39 is 9.84 Å². The van der Waals surface area contributed by atoms with Gasteiger partial charge in [-0.05, 0) is 22.3 Å². The Labute approximate surface area is 107 Å². The van der Waals surface area contributed by atoms with Crippen molar-refractivity contribution in [2.24, 2.45) is 0 Å². The molecule has 0 bridgehead atoms. The molecule has 2 aromatic rings. The fraction of sp³-hybridized carbons (Fsp3) is 0.200. The van der Waals surface area contributed by atoms with E-state index in [4.69, 9.17) is 0 Å². The van der Waals surface area contributed by atoms with Crippen molar-refractivity contribution in [3.8, 4) is 11.1 Å². The topological polar surface area (TPSA) is 34.1 Å². The van der Waals surface area contributed by atoms with Crippen LogP contribution in [0, 0.1) is 0 Å². The summed E-state index contributed by atoms with van der Waals surface area (Å²) in [6.07, 6.45) is 1.30. The molecule has 1 aliphatic carbocycles. The monoisotopic (exact) mass is 258 g/mol. The molecular weight excluding hydrogens is 244 g/mol. The average Bonchev–Trinajstić information content (AvgIpc) is 2.64. The predicted octanol–water partition coefficient (Wildman–Crippen LogP) is 2.84. The molecule has 0 N–H and O–H groups in total. The second-order valence-corrected chi connectivity index (χ2v) is 7.00. The smallest absolute Gasteiger partial charge is 0.148 e. The molecule has 0 amide bonds. The van der Waals surface area contributed by atoms with Crippen LogP contribution in [0.15, 0.2) is 48.5 Å². The maximum atomic E-state index is 11.6. The highest BCUT2D eigenvalue weighted by molar-refractivity contribution is 7.90. The summed E-state index contributed by atoms with van der Waals surface area (Å²) in [5.74, 6) is 0.161. The van der Waals surface area contributed by atoms with Gasteiger partial charge in [0, 0.05) is 12.2 Å². The zero-order valence-electron chi connectivity index (χ0n) is 10.1. The van der Waals surface area contributed by atoms with Crippen LogP contribution in [-0.4, -0.2) is 20.4 Å². The standard InChI is InChI=1S/C15H14O2S/c1-18(16,17)10-15-13-8-4-2-6-11(13)12-7-3-5-9-14(12)15/h2-9,15H,10H2,1H3. The number of rotatable bonds is 2. The number of fused-ring (bicyclic) bond motifs is 3. The van der Waals surface area contributed by atoms with Gasteiger partial charge in [-0.1, -0.05) is 48.5 Å². The van der Waals surface area contributed by atoms with E-state index in [1.165, 1.54) is 17.4 Å². The number of sulfone groups is 1. The molecule has 0 atom stereocenters. The summed E-state index contributed by atoms with van der Waals surface area (Å²) in [6.45, 7) is 0. The van der Waals surface area contributed by atoms with E-state index in [0.29, 0.717) is 0 Å². The molecule has 0 fully saturated rings. The van der Waals surface area contributed by atoms with Crippen molar-refractivity contribution in [1.29, 1.82) is 0 Å². The Kier molecular flexibility index (Phi) is 2.52. The van der Waals surface area contributed by atoms with Gasteiger partial charge in [0.15, 0.2) is 0 Å². The van der Waals surface area contributed by atoms with Crippen molar-refractivity contribution >= 4 is 9.84 Å². The van der Waals surface area contributed by atoms with Crippen molar-refractivity contribution in [3.63, 3.8) is 0 Å². The maximum absolute atomic E-state index is 11.6. The second-order valence-electron chi connectivity index (χ2n) is 4.82. The molecule has 1 aliphatic rings. The summed E-state index contributed by atoms with van der Waals surface area (Å²) < 4.78 is 23.2. The Morgan fingerprint density at radius 3 is 1.78 bits per heavy atom. The quantitative estimate of drug-likeness (QED) is 0.830. The third-order valence-corrected chi connectivity index (χ3v) is 4.37. The van der Waals surface area contributed by atoms with E-state index in [-0.39, 0.29) is 11.7 Å². The van der Waals surface area contributed by atoms with Crippen molar-refractivity contribution in [2.45, 2.75) is 5.92 Å². The lowest BCUT2D eigenvalue weighted by Gasteiger charge is -2.11. The first kappa shape index (κ1) is 11.5. The first-order chi connectivity index (χ1) is 8.56. The minimum atomic E-state index is -2.99. The minimum absolute atomic E-state index is 0.0209. The lowest BCUT2D eigenvalue weighted by molar-refractivity contribution is 0.598. The van der Waals surface area contributed by atoms with Crippen LogP contribution < -0.4 is 0 Å². The number of benzene rings is 2. The zero-order valence-corrected chi connectivity index (χ0v) is 10.9. The SMILES string of the molecule is CS(=O)(=O)CC1c2ccccc2-c2ccccc21. The molecule has 0 heterocycles. The molecule has 0 unspecified atom stereocenters. The Balaban J connectivity index is 2.21. The van der Waals surface area contributed by atoms with Gasteiger partial charge in [0.25, 0.3) is 0 Å². The molecule has 3 rings (SSSR count). The van der Waals surface area contributed by atoms with Gasteiger partial charge in [0.1, 0.15) is 9.84 Å². The van der Waals surface area contributed by atoms with Gasteiger partial charge < -0.3 is 0 Å². The van der Waals surface area contributed by atoms with Crippen molar-refractivity contribution in [3.05, 3.63) is 59.7 Å². The van der Waals surface area contributed by atoms with E-state index in [1.54, 1.807) is 0 Å². The van der Waals surface area contributed by atoms with Crippen LogP contribution in [0.4, 0.5) is 0 Å². The van der Waals surface area contributed by atoms with E-state index in [1.807, 2.05) is 36.4 Å². The summed E-state index contributed by atoms with van der Waals surface area (Å²) in [4.78, 5) is 0. The normalized spacial score (nSPS) is 14.3. The highest BCUT2D eigenvalue weighted by atomic mass is 32.2. The van der Waals surface area contributed by atoms with Gasteiger partial charge in [-0.15, -0.1) is 0 Å². The van der Waals surface area contributed by atoms with E-state index in [0.717, 1.165) is 11.1 Å². The summed E-state index contributed by atoms with van der Waals surface area (Å²) in [6, 6.07) is 16.1. The lowest BCUT2D eigenvalue weighted by atomic mass is 9.99. The molecule has 2 nitrogen and oxygen atoms in total. The lowest BCUT2D eigenvalue weighted by Crippen LogP contribution is -2.12. The summed E-state index contributed by atoms with van der Waals surface area (Å²) in [5, 5.41) is 0. The molecule has 92 valence electrons. The summed E-state index contributed by atoms with van der Waals surface area (Å²) in [7, 11) is -2.99. The number of hydrogen-bond acceptors (Lipinski definition) is 2. The van der Waals surface area contributed by atoms with Crippen LogP contribution in [-0.2, 0) is 9.84 Å². The fourth-order valence-corrected chi connectivity index (χ4v) is 3.71. The van der Waals surface area contributed by atoms with Gasteiger partial charge in [0.2, 0.25) is 0 Å². The Hall–Kier alpha value is -1.61. The molecule has 0 aliphatic heterocycles. The predicted molar refractivity (Wildman–Crippen MR) is 73.4 cm³/mol. The van der Waals surface area contributed by atoms with E-state index in [9.17, 15) is 8.42 Å². The minimum Gasteiger partial charge on any atom is -0.229 e. The molecule has 0 saturated heterocycles. The summed E-state index contributed by atoms with van der Waals surface area (Å²) in [5.41, 5.74) is 4.59. The molecule has 0 radical (unpaired) electrons. The van der Waals surface area contributed by atoms with Gasteiger partial charge in [0.05, 0.1) is 5.75 Å². The molecular formula is C15H14O2S. The van der Waals surface area contributed by atoms with Crippen LogP contribution in [0.1, 0.15) is 17.0 Å². The molecule has 0 aromatic heterocycles. The largest absolute Gasteiger partial charge is 0.229 e. The van der Waals surface area contributed by atoms with E-state index >= 15 is 0 Å². The average molecular weight is 258 g/mol. The number of hydrogen-bond donors (Lipinski definition) is 0.